The van der Waals surface area contributed by atoms with Crippen molar-refractivity contribution in [3.8, 4) is 0 Å². The molecule has 0 bridgehead atoms. The van der Waals surface area contributed by atoms with Crippen LogP contribution in [-0.4, -0.2) is 6.41 Å². The molecule has 12 rings (SSSR count). The summed E-state index contributed by atoms with van der Waals surface area (Å²) in [7, 11) is 0. The van der Waals surface area contributed by atoms with E-state index in [4.69, 9.17) is 0 Å². The molecule has 356 valence electrons. The summed E-state index contributed by atoms with van der Waals surface area (Å²) in [6.45, 7) is 12.9. The van der Waals surface area contributed by atoms with Crippen molar-refractivity contribution in [2.45, 2.75) is 54.4 Å². The molecular formula is C68H60Cl2Zr2-2. The normalized spacial score (nSPS) is 12.2. The fourth-order valence-corrected chi connectivity index (χ4v) is 9.90. The summed E-state index contributed by atoms with van der Waals surface area (Å²) in [5, 5.41) is 10.8. The Kier molecular flexibility index (Phi) is 23.4. The first-order chi connectivity index (χ1) is 34.1. The maximum atomic E-state index is 3.26. The molecule has 0 atom stereocenters. The Bertz CT molecular complexity index is 3010. The van der Waals surface area contributed by atoms with E-state index in [1.165, 1.54) is 154 Å². The average molecular weight is 1130 g/mol. The topological polar surface area (TPSA) is 0 Å². The van der Waals surface area contributed by atoms with Gasteiger partial charge in [0.05, 0.1) is 0 Å². The molecule has 0 N–H and O–H groups in total. The summed E-state index contributed by atoms with van der Waals surface area (Å²) < 4.78 is 2.83. The van der Waals surface area contributed by atoms with Crippen LogP contribution in [0.5, 0.6) is 0 Å². The van der Waals surface area contributed by atoms with E-state index in [1.54, 1.807) is 0 Å². The van der Waals surface area contributed by atoms with Crippen molar-refractivity contribution in [2.24, 2.45) is 0 Å². The van der Waals surface area contributed by atoms with Gasteiger partial charge < -0.3 is 24.8 Å². The maximum absolute atomic E-state index is 3.26. The van der Waals surface area contributed by atoms with E-state index in [2.05, 4.69) is 284 Å². The van der Waals surface area contributed by atoms with Crippen LogP contribution in [0.4, 0.5) is 0 Å². The molecule has 0 radical (unpaired) electrons. The first-order valence-electron chi connectivity index (χ1n) is 24.0. The molecule has 2 aliphatic carbocycles. The monoisotopic (exact) mass is 1130 g/mol. The molecule has 0 amide bonds. The summed E-state index contributed by atoms with van der Waals surface area (Å²) in [6.07, 6.45) is 8.63. The van der Waals surface area contributed by atoms with Crippen molar-refractivity contribution in [2.75, 3.05) is 0 Å². The Balaban J connectivity index is 0.000000162. The Morgan fingerprint density at radius 1 is 0.319 bits per heavy atom. The fourth-order valence-electron chi connectivity index (χ4n) is 8.26. The van der Waals surface area contributed by atoms with E-state index >= 15 is 0 Å². The van der Waals surface area contributed by atoms with Crippen molar-refractivity contribution < 1.29 is 73.3 Å². The van der Waals surface area contributed by atoms with Gasteiger partial charge in [-0.15, -0.1) is 106 Å². The second kappa shape index (κ2) is 29.3. The van der Waals surface area contributed by atoms with Crippen LogP contribution in [0.2, 0.25) is 0 Å². The molecule has 0 unspecified atom stereocenters. The van der Waals surface area contributed by atoms with Crippen LogP contribution < -0.4 is 24.8 Å². The minimum absolute atomic E-state index is 0. The molecule has 0 spiro atoms. The van der Waals surface area contributed by atoms with Gasteiger partial charge in [0, 0.05) is 0 Å². The number of halogens is 2. The first kappa shape index (κ1) is 57.4. The Morgan fingerprint density at radius 2 is 0.528 bits per heavy atom. The molecule has 10 aromatic rings. The van der Waals surface area contributed by atoms with E-state index in [0.29, 0.717) is 0 Å². The van der Waals surface area contributed by atoms with Crippen LogP contribution in [0.3, 0.4) is 0 Å². The second-order valence-corrected chi connectivity index (χ2v) is 20.1. The minimum atomic E-state index is 0. The van der Waals surface area contributed by atoms with Gasteiger partial charge in [-0.2, -0.15) is 22.3 Å². The molecule has 0 nitrogen and oxygen atoms in total. The van der Waals surface area contributed by atoms with Gasteiger partial charge in [0.15, 0.2) is 0 Å². The number of hydrogen-bond acceptors (Lipinski definition) is 0. The zero-order valence-corrected chi connectivity index (χ0v) is 48.5. The van der Waals surface area contributed by atoms with Crippen LogP contribution in [0.25, 0.3) is 43.1 Å². The second-order valence-electron chi connectivity index (χ2n) is 17.6. The van der Waals surface area contributed by atoms with Crippen LogP contribution in [0, 0.1) is 12.2 Å². The Hall–Kier alpha value is -5.45. The fraction of sp³-hybridized carbons (Fsp3) is 0.118. The average Bonchev–Trinajstić information content (AvgIpc) is 4.17. The third-order valence-electron chi connectivity index (χ3n) is 12.9. The standard InChI is InChI=1S/2C13H9.2C13H10.2C8H11.2ClH.2Zr/c2*1-3-7-12-10(5-1)9-11-6-2-4-8-13(11)12;2*1-3-7-12(8-4-1)11-13-9-5-2-6-10-13;2*1-6-4-5-7(2)8(6)3;;;;/h2*1-9H;2*1-10H;2*4H2,1-3H3;2*1H;;/q2*-1;;;2*-1;;;2*+2/p-2. The summed E-state index contributed by atoms with van der Waals surface area (Å²) in [5.74, 6) is 0. The van der Waals surface area contributed by atoms with Gasteiger partial charge in [-0.3, -0.25) is 12.2 Å². The van der Waals surface area contributed by atoms with Gasteiger partial charge in [-0.05, 0) is 0 Å². The van der Waals surface area contributed by atoms with Gasteiger partial charge in [0.25, 0.3) is 0 Å². The largest absolute Gasteiger partial charge is 0.126 e. The van der Waals surface area contributed by atoms with Crippen molar-refractivity contribution >= 4 is 49.5 Å². The number of fused-ring (bicyclic) bond motifs is 6. The van der Waals surface area contributed by atoms with E-state index in [-0.39, 0.29) is 24.8 Å². The van der Waals surface area contributed by atoms with Gasteiger partial charge in [0.1, 0.15) is 0 Å². The van der Waals surface area contributed by atoms with Crippen molar-refractivity contribution in [1.29, 1.82) is 0 Å². The van der Waals surface area contributed by atoms with Gasteiger partial charge in [0.2, 0.25) is 0 Å². The van der Waals surface area contributed by atoms with Crippen LogP contribution in [-0.2, 0) is 48.5 Å². The van der Waals surface area contributed by atoms with Gasteiger partial charge in [-0.25, -0.2) is 11.1 Å². The Morgan fingerprint density at radius 3 is 0.708 bits per heavy atom. The summed E-state index contributed by atoms with van der Waals surface area (Å²) in [6, 6.07) is 80.8. The van der Waals surface area contributed by atoms with E-state index in [9.17, 15) is 0 Å². The molecule has 10 aromatic carbocycles. The molecule has 4 heteroatoms. The van der Waals surface area contributed by atoms with E-state index in [1.807, 2.05) is 0 Å². The quantitative estimate of drug-likeness (QED) is 0.154. The maximum Gasteiger partial charge on any atom is -0.0771 e. The first-order valence-corrected chi connectivity index (χ1v) is 26.5. The van der Waals surface area contributed by atoms with Crippen LogP contribution >= 0.6 is 0 Å². The molecule has 0 saturated heterocycles. The number of allylic oxidation sites excluding steroid dienone is 8. The van der Waals surface area contributed by atoms with Crippen LogP contribution in [0.1, 0.15) is 76.6 Å². The molecule has 0 aliphatic heterocycles. The predicted molar refractivity (Wildman–Crippen MR) is 297 cm³/mol. The van der Waals surface area contributed by atoms with Crippen molar-refractivity contribution in [3.05, 3.63) is 298 Å². The SMILES string of the molecule is CC1=[C-]CC(C)=C1C.CC1=[C-]CC(C)=C1C.[Cl-].[Cl-].[Zr+2]=[C](c1ccccc1)c1ccccc1.[Zr+2]=[C](c1ccccc1)c1ccccc1.c1ccc2c(c1)[cH-]c1ccccc12.c1ccc2c(c1)[cH-]c1ccccc12. The number of rotatable bonds is 4. The zero-order valence-electron chi connectivity index (χ0n) is 42.1. The summed E-state index contributed by atoms with van der Waals surface area (Å²) in [4.78, 5) is 0. The van der Waals surface area contributed by atoms with Crippen molar-refractivity contribution in [3.63, 3.8) is 0 Å². The number of benzene rings is 8. The third-order valence-corrected chi connectivity index (χ3v) is 15.8. The number of hydrogen-bond donors (Lipinski definition) is 0. The molecule has 2 aliphatic rings. The molecule has 0 saturated carbocycles. The van der Waals surface area contributed by atoms with Gasteiger partial charge >= 0.3 is 198 Å². The van der Waals surface area contributed by atoms with Gasteiger partial charge in [-0.1, -0.05) is 100 Å². The summed E-state index contributed by atoms with van der Waals surface area (Å²) >= 11 is 2.92. The third kappa shape index (κ3) is 15.8. The van der Waals surface area contributed by atoms with Crippen molar-refractivity contribution in [1.82, 2.24) is 0 Å². The van der Waals surface area contributed by atoms with Crippen LogP contribution in [0.15, 0.2) is 264 Å². The zero-order chi connectivity index (χ0) is 49.2. The van der Waals surface area contributed by atoms with E-state index < -0.39 is 0 Å². The molecule has 0 aromatic heterocycles. The molecule has 72 heavy (non-hydrogen) atoms. The molecule has 0 heterocycles. The smallest absolute Gasteiger partial charge is 0.0771 e. The molecule has 0 fully saturated rings. The molecular weight excluding hydrogens is 1070 g/mol. The Labute approximate surface area is 471 Å². The summed E-state index contributed by atoms with van der Waals surface area (Å²) in [5.41, 5.74) is 13.8. The van der Waals surface area contributed by atoms with E-state index in [0.717, 1.165) is 12.8 Å². The minimum Gasteiger partial charge on any atom is -0.126 e. The predicted octanol–water partition coefficient (Wildman–Crippen LogP) is 12.0.